The van der Waals surface area contributed by atoms with Gasteiger partial charge in [0.25, 0.3) is 5.91 Å². The third-order valence-electron chi connectivity index (χ3n) is 5.32. The molecule has 0 aliphatic carbocycles. The number of hydrogen-bond acceptors (Lipinski definition) is 5. The van der Waals surface area contributed by atoms with Crippen LogP contribution in [0, 0.1) is 0 Å². The van der Waals surface area contributed by atoms with Gasteiger partial charge in [-0.2, -0.15) is 0 Å². The first-order valence-corrected chi connectivity index (χ1v) is 9.88. The number of benzene rings is 1. The lowest BCUT2D eigenvalue weighted by Gasteiger charge is -2.35. The van der Waals surface area contributed by atoms with Gasteiger partial charge in [0.2, 0.25) is 0 Å². The molecule has 1 fully saturated rings. The van der Waals surface area contributed by atoms with Gasteiger partial charge in [0.05, 0.1) is 11.1 Å². The molecule has 0 spiro atoms. The number of aromatic amines is 1. The number of piperazine rings is 1. The Hall–Kier alpha value is -2.93. The van der Waals surface area contributed by atoms with Crippen LogP contribution in [0.25, 0.3) is 22.4 Å². The Morgan fingerprint density at radius 1 is 1.18 bits per heavy atom. The second-order valence-electron chi connectivity index (χ2n) is 7.24. The Labute approximate surface area is 164 Å². The van der Waals surface area contributed by atoms with E-state index in [-0.39, 0.29) is 0 Å². The third-order valence-corrected chi connectivity index (χ3v) is 5.32. The molecule has 0 bridgehead atoms. The number of carbonyl (C=O) groups is 1. The van der Waals surface area contributed by atoms with E-state index in [2.05, 4.69) is 31.7 Å². The molecule has 3 aromatic rings. The molecule has 1 saturated heterocycles. The van der Waals surface area contributed by atoms with Crippen LogP contribution in [0.4, 0.5) is 5.82 Å². The van der Waals surface area contributed by atoms with E-state index < -0.39 is 5.91 Å². The van der Waals surface area contributed by atoms with Crippen molar-refractivity contribution in [3.8, 4) is 11.4 Å². The summed E-state index contributed by atoms with van der Waals surface area (Å²) in [5.41, 5.74) is 8.15. The van der Waals surface area contributed by atoms with Crippen LogP contribution in [0.2, 0.25) is 0 Å². The Kier molecular flexibility index (Phi) is 5.25. The minimum atomic E-state index is -0.477. The smallest absolute Gasteiger partial charge is 0.250 e. The molecular formula is C21H26N6O. The number of aromatic nitrogens is 3. The predicted molar refractivity (Wildman–Crippen MR) is 111 cm³/mol. The van der Waals surface area contributed by atoms with Gasteiger partial charge in [-0.15, -0.1) is 0 Å². The van der Waals surface area contributed by atoms with Crippen molar-refractivity contribution in [2.45, 2.75) is 19.8 Å². The number of H-pyrrole nitrogens is 1. The van der Waals surface area contributed by atoms with Crippen molar-refractivity contribution < 1.29 is 4.79 Å². The third kappa shape index (κ3) is 3.71. The molecule has 2 aromatic heterocycles. The number of anilines is 1. The number of rotatable bonds is 6. The summed E-state index contributed by atoms with van der Waals surface area (Å²) in [4.78, 5) is 28.9. The highest BCUT2D eigenvalue weighted by Gasteiger charge is 2.18. The number of unbranched alkanes of at least 4 members (excludes halogenated alkanes) is 1. The molecule has 1 amide bonds. The van der Waals surface area contributed by atoms with Crippen LogP contribution < -0.4 is 10.6 Å². The predicted octanol–water partition coefficient (Wildman–Crippen LogP) is 2.65. The van der Waals surface area contributed by atoms with E-state index in [4.69, 9.17) is 5.73 Å². The SMILES string of the molecule is CCCCN1CCN(c2ccc(-c3nc4c(C(N)=O)cccc4[nH]3)cn2)CC1. The number of fused-ring (bicyclic) bond motifs is 1. The van der Waals surface area contributed by atoms with Gasteiger partial charge in [-0.3, -0.25) is 9.69 Å². The van der Waals surface area contributed by atoms with Crippen LogP contribution in [-0.4, -0.2) is 58.5 Å². The number of hydrogen-bond donors (Lipinski definition) is 2. The maximum absolute atomic E-state index is 11.6. The summed E-state index contributed by atoms with van der Waals surface area (Å²) in [7, 11) is 0. The topological polar surface area (TPSA) is 91.1 Å². The molecule has 1 aliphatic rings. The molecule has 0 unspecified atom stereocenters. The average molecular weight is 378 g/mol. The molecule has 3 N–H and O–H groups in total. The van der Waals surface area contributed by atoms with Crippen molar-refractivity contribution >= 4 is 22.8 Å². The second-order valence-corrected chi connectivity index (χ2v) is 7.24. The maximum atomic E-state index is 11.6. The highest BCUT2D eigenvalue weighted by atomic mass is 16.1. The van der Waals surface area contributed by atoms with Crippen LogP contribution >= 0.6 is 0 Å². The summed E-state index contributed by atoms with van der Waals surface area (Å²) in [5.74, 6) is 1.20. The average Bonchev–Trinajstić information content (AvgIpc) is 3.17. The van der Waals surface area contributed by atoms with Gasteiger partial charge in [0, 0.05) is 37.9 Å². The van der Waals surface area contributed by atoms with Crippen LogP contribution in [0.1, 0.15) is 30.1 Å². The molecule has 7 nitrogen and oxygen atoms in total. The Bertz CT molecular complexity index is 957. The highest BCUT2D eigenvalue weighted by Crippen LogP contribution is 2.24. The van der Waals surface area contributed by atoms with E-state index in [9.17, 15) is 4.79 Å². The zero-order valence-electron chi connectivity index (χ0n) is 16.2. The van der Waals surface area contributed by atoms with E-state index >= 15 is 0 Å². The van der Waals surface area contributed by atoms with E-state index in [1.807, 2.05) is 24.4 Å². The van der Waals surface area contributed by atoms with E-state index in [0.717, 1.165) is 43.1 Å². The van der Waals surface area contributed by atoms with Crippen molar-refractivity contribution in [3.05, 3.63) is 42.1 Å². The largest absolute Gasteiger partial charge is 0.366 e. The number of imidazole rings is 1. The van der Waals surface area contributed by atoms with E-state index in [1.54, 1.807) is 12.1 Å². The van der Waals surface area contributed by atoms with Crippen molar-refractivity contribution in [3.63, 3.8) is 0 Å². The molecule has 7 heteroatoms. The zero-order valence-corrected chi connectivity index (χ0v) is 16.2. The summed E-state index contributed by atoms with van der Waals surface area (Å²) in [6, 6.07) is 9.44. The molecule has 0 radical (unpaired) electrons. The first-order chi connectivity index (χ1) is 13.7. The van der Waals surface area contributed by atoms with Gasteiger partial charge in [0.1, 0.15) is 17.2 Å². The van der Waals surface area contributed by atoms with Gasteiger partial charge in [-0.1, -0.05) is 19.4 Å². The minimum absolute atomic E-state index is 0.422. The Morgan fingerprint density at radius 3 is 2.68 bits per heavy atom. The van der Waals surface area contributed by atoms with Crippen molar-refractivity contribution in [2.75, 3.05) is 37.6 Å². The summed E-state index contributed by atoms with van der Waals surface area (Å²) in [6.07, 6.45) is 4.34. The molecule has 146 valence electrons. The molecule has 0 atom stereocenters. The maximum Gasteiger partial charge on any atom is 0.250 e. The molecule has 1 aromatic carbocycles. The number of amides is 1. The Morgan fingerprint density at radius 2 is 2.00 bits per heavy atom. The molecule has 3 heterocycles. The van der Waals surface area contributed by atoms with Gasteiger partial charge in [0.15, 0.2) is 0 Å². The summed E-state index contributed by atoms with van der Waals surface area (Å²) in [5, 5.41) is 0. The summed E-state index contributed by atoms with van der Waals surface area (Å²) in [6.45, 7) is 7.60. The first kappa shape index (κ1) is 18.4. The van der Waals surface area contributed by atoms with Crippen LogP contribution in [0.3, 0.4) is 0 Å². The fraction of sp³-hybridized carbons (Fsp3) is 0.381. The number of pyridine rings is 1. The fourth-order valence-electron chi connectivity index (χ4n) is 3.66. The number of nitrogens with two attached hydrogens (primary N) is 1. The van der Waals surface area contributed by atoms with Gasteiger partial charge in [-0.05, 0) is 37.2 Å². The van der Waals surface area contributed by atoms with Crippen molar-refractivity contribution in [2.24, 2.45) is 5.73 Å². The molecule has 28 heavy (non-hydrogen) atoms. The molecule has 1 aliphatic heterocycles. The number of nitrogens with zero attached hydrogens (tertiary/aromatic N) is 4. The normalized spacial score (nSPS) is 15.2. The van der Waals surface area contributed by atoms with Gasteiger partial charge < -0.3 is 15.6 Å². The number of nitrogens with one attached hydrogen (secondary N) is 1. The second kappa shape index (κ2) is 7.98. The van der Waals surface area contributed by atoms with Gasteiger partial charge in [-0.25, -0.2) is 9.97 Å². The van der Waals surface area contributed by atoms with Crippen LogP contribution in [0.15, 0.2) is 36.5 Å². The highest BCUT2D eigenvalue weighted by molar-refractivity contribution is 6.04. The molecular weight excluding hydrogens is 352 g/mol. The lowest BCUT2D eigenvalue weighted by Crippen LogP contribution is -2.46. The first-order valence-electron chi connectivity index (χ1n) is 9.88. The van der Waals surface area contributed by atoms with Crippen LogP contribution in [0.5, 0.6) is 0 Å². The number of para-hydroxylation sites is 1. The van der Waals surface area contributed by atoms with E-state index in [0.29, 0.717) is 16.9 Å². The summed E-state index contributed by atoms with van der Waals surface area (Å²) < 4.78 is 0. The zero-order chi connectivity index (χ0) is 19.5. The van der Waals surface area contributed by atoms with E-state index in [1.165, 1.54) is 19.4 Å². The van der Waals surface area contributed by atoms with Crippen LogP contribution in [-0.2, 0) is 0 Å². The number of primary amides is 1. The summed E-state index contributed by atoms with van der Waals surface area (Å²) >= 11 is 0. The van der Waals surface area contributed by atoms with Crippen molar-refractivity contribution in [1.82, 2.24) is 19.9 Å². The minimum Gasteiger partial charge on any atom is -0.366 e. The fourth-order valence-corrected chi connectivity index (χ4v) is 3.66. The monoisotopic (exact) mass is 378 g/mol. The quantitative estimate of drug-likeness (QED) is 0.688. The van der Waals surface area contributed by atoms with Crippen molar-refractivity contribution in [1.29, 1.82) is 0 Å². The van der Waals surface area contributed by atoms with Gasteiger partial charge >= 0.3 is 0 Å². The Balaban J connectivity index is 1.49. The molecule has 4 rings (SSSR count). The lowest BCUT2D eigenvalue weighted by molar-refractivity contribution is 0.100. The molecule has 0 saturated carbocycles. The number of carbonyl (C=O) groups excluding carboxylic acids is 1. The standard InChI is InChI=1S/C21H26N6O/c1-2-3-9-26-10-12-27(13-11-26)18-8-7-15(14-23-18)21-24-17-6-4-5-16(20(22)28)19(17)25-21/h4-8,14H,2-3,9-13H2,1H3,(H2,22,28)(H,24,25). The lowest BCUT2D eigenvalue weighted by atomic mass is 10.2.